The zero-order valence-corrected chi connectivity index (χ0v) is 10.2. The van der Waals surface area contributed by atoms with E-state index in [1.807, 2.05) is 42.5 Å². The van der Waals surface area contributed by atoms with E-state index in [4.69, 9.17) is 0 Å². The average Bonchev–Trinajstić information content (AvgIpc) is 2.46. The van der Waals surface area contributed by atoms with Crippen molar-refractivity contribution in [2.45, 2.75) is 0 Å². The van der Waals surface area contributed by atoms with Gasteiger partial charge in [0.2, 0.25) is 0 Å². The largest absolute Gasteiger partial charge is 0.508 e. The van der Waals surface area contributed by atoms with E-state index in [2.05, 4.69) is 6.07 Å². The van der Waals surface area contributed by atoms with Crippen LogP contribution >= 0.6 is 0 Å². The minimum atomic E-state index is 0.258. The number of hydrogen-bond acceptors (Lipinski definition) is 2. The Balaban J connectivity index is 2.14. The van der Waals surface area contributed by atoms with Gasteiger partial charge >= 0.3 is 0 Å². The van der Waals surface area contributed by atoms with Crippen LogP contribution in [0, 0.1) is 0 Å². The molecule has 0 radical (unpaired) electrons. The van der Waals surface area contributed by atoms with Crippen LogP contribution in [-0.2, 0) is 0 Å². The molecule has 0 saturated heterocycles. The van der Waals surface area contributed by atoms with Crippen LogP contribution in [0.4, 0.5) is 0 Å². The SMILES string of the molecule is O=Cc1ccc2cc(-c3cccc(O)c3)ccc2c1. The first kappa shape index (κ1) is 11.5. The zero-order valence-electron chi connectivity index (χ0n) is 10.2. The molecule has 0 bridgehead atoms. The van der Waals surface area contributed by atoms with Crippen molar-refractivity contribution in [3.8, 4) is 16.9 Å². The number of benzene rings is 3. The predicted octanol–water partition coefficient (Wildman–Crippen LogP) is 4.02. The van der Waals surface area contributed by atoms with Gasteiger partial charge in [-0.1, -0.05) is 36.4 Å². The summed E-state index contributed by atoms with van der Waals surface area (Å²) in [7, 11) is 0. The predicted molar refractivity (Wildman–Crippen MR) is 76.4 cm³/mol. The molecule has 3 aromatic carbocycles. The van der Waals surface area contributed by atoms with Crippen molar-refractivity contribution < 1.29 is 9.90 Å². The lowest BCUT2D eigenvalue weighted by Gasteiger charge is -2.05. The van der Waals surface area contributed by atoms with Crippen LogP contribution in [0.25, 0.3) is 21.9 Å². The Labute approximate surface area is 110 Å². The first-order valence-corrected chi connectivity index (χ1v) is 6.05. The van der Waals surface area contributed by atoms with Gasteiger partial charge in [-0.15, -0.1) is 0 Å². The van der Waals surface area contributed by atoms with E-state index in [1.165, 1.54) is 0 Å². The first-order valence-electron chi connectivity index (χ1n) is 6.05. The van der Waals surface area contributed by atoms with Gasteiger partial charge in [-0.2, -0.15) is 0 Å². The van der Waals surface area contributed by atoms with Crippen LogP contribution in [-0.4, -0.2) is 11.4 Å². The molecule has 3 rings (SSSR count). The maximum absolute atomic E-state index is 10.7. The van der Waals surface area contributed by atoms with Crippen molar-refractivity contribution in [1.29, 1.82) is 0 Å². The maximum Gasteiger partial charge on any atom is 0.150 e. The van der Waals surface area contributed by atoms with Gasteiger partial charge in [0.15, 0.2) is 0 Å². The van der Waals surface area contributed by atoms with Crippen LogP contribution in [0.15, 0.2) is 60.7 Å². The molecule has 0 aliphatic heterocycles. The van der Waals surface area contributed by atoms with Crippen LogP contribution in [0.5, 0.6) is 5.75 Å². The van der Waals surface area contributed by atoms with Crippen LogP contribution < -0.4 is 0 Å². The Morgan fingerprint density at radius 2 is 1.53 bits per heavy atom. The highest BCUT2D eigenvalue weighted by Gasteiger charge is 2.01. The molecule has 0 unspecified atom stereocenters. The quantitative estimate of drug-likeness (QED) is 0.695. The number of aromatic hydroxyl groups is 1. The molecule has 0 aromatic heterocycles. The van der Waals surface area contributed by atoms with Crippen LogP contribution in [0.3, 0.4) is 0 Å². The second-order valence-corrected chi connectivity index (χ2v) is 4.49. The van der Waals surface area contributed by atoms with Gasteiger partial charge < -0.3 is 5.11 Å². The summed E-state index contributed by atoms with van der Waals surface area (Å²) in [4.78, 5) is 10.7. The third-order valence-electron chi connectivity index (χ3n) is 3.18. The van der Waals surface area contributed by atoms with Gasteiger partial charge in [-0.25, -0.2) is 0 Å². The lowest BCUT2D eigenvalue weighted by atomic mass is 10.00. The fourth-order valence-electron chi connectivity index (χ4n) is 2.20. The molecule has 0 heterocycles. The molecule has 0 saturated carbocycles. The Morgan fingerprint density at radius 3 is 2.32 bits per heavy atom. The molecular formula is C17H12O2. The van der Waals surface area contributed by atoms with Crippen LogP contribution in [0.2, 0.25) is 0 Å². The highest BCUT2D eigenvalue weighted by molar-refractivity contribution is 5.91. The molecule has 0 spiro atoms. The maximum atomic E-state index is 10.7. The Kier molecular flexibility index (Phi) is 2.76. The van der Waals surface area contributed by atoms with Crippen molar-refractivity contribution in [2.24, 2.45) is 0 Å². The lowest BCUT2D eigenvalue weighted by Crippen LogP contribution is -1.82. The summed E-state index contributed by atoms with van der Waals surface area (Å²) in [6.07, 6.45) is 0.850. The van der Waals surface area contributed by atoms with E-state index >= 15 is 0 Å². The van der Waals surface area contributed by atoms with E-state index in [-0.39, 0.29) is 5.75 Å². The van der Waals surface area contributed by atoms with Gasteiger partial charge in [0.1, 0.15) is 12.0 Å². The van der Waals surface area contributed by atoms with Crippen molar-refractivity contribution in [1.82, 2.24) is 0 Å². The Bertz CT molecular complexity index is 760. The van der Waals surface area contributed by atoms with E-state index in [0.29, 0.717) is 5.56 Å². The molecule has 0 aliphatic carbocycles. The van der Waals surface area contributed by atoms with Crippen molar-refractivity contribution in [3.05, 3.63) is 66.2 Å². The minimum absolute atomic E-state index is 0.258. The number of carbonyl (C=O) groups excluding carboxylic acids is 1. The van der Waals surface area contributed by atoms with E-state index < -0.39 is 0 Å². The smallest absolute Gasteiger partial charge is 0.150 e. The Morgan fingerprint density at radius 1 is 0.789 bits per heavy atom. The normalized spacial score (nSPS) is 10.5. The molecule has 2 nitrogen and oxygen atoms in total. The first-order chi connectivity index (χ1) is 9.26. The third kappa shape index (κ3) is 2.20. The van der Waals surface area contributed by atoms with E-state index in [9.17, 15) is 9.90 Å². The lowest BCUT2D eigenvalue weighted by molar-refractivity contribution is 0.112. The Hall–Kier alpha value is -2.61. The van der Waals surface area contributed by atoms with Crippen molar-refractivity contribution in [3.63, 3.8) is 0 Å². The molecule has 0 amide bonds. The minimum Gasteiger partial charge on any atom is -0.508 e. The summed E-state index contributed by atoms with van der Waals surface area (Å²) in [5, 5.41) is 11.6. The van der Waals surface area contributed by atoms with E-state index in [1.54, 1.807) is 12.1 Å². The van der Waals surface area contributed by atoms with Crippen molar-refractivity contribution in [2.75, 3.05) is 0 Å². The van der Waals surface area contributed by atoms with Gasteiger partial charge in [0, 0.05) is 5.56 Å². The second kappa shape index (κ2) is 4.58. The number of phenols is 1. The monoisotopic (exact) mass is 248 g/mol. The zero-order chi connectivity index (χ0) is 13.2. The molecule has 0 fully saturated rings. The molecule has 1 N–H and O–H groups in total. The third-order valence-corrected chi connectivity index (χ3v) is 3.18. The molecule has 0 aliphatic rings. The van der Waals surface area contributed by atoms with Gasteiger partial charge in [-0.05, 0) is 46.2 Å². The summed E-state index contributed by atoms with van der Waals surface area (Å²) in [6.45, 7) is 0. The van der Waals surface area contributed by atoms with Crippen LogP contribution in [0.1, 0.15) is 10.4 Å². The standard InChI is InChI=1S/C17H12O2/c18-11-12-4-5-15-9-16(7-6-14(15)8-12)13-2-1-3-17(19)10-13/h1-11,19H. The van der Waals surface area contributed by atoms with Gasteiger partial charge in [-0.3, -0.25) is 4.79 Å². The molecule has 3 aromatic rings. The number of rotatable bonds is 2. The summed E-state index contributed by atoms with van der Waals surface area (Å²) < 4.78 is 0. The summed E-state index contributed by atoms with van der Waals surface area (Å²) in [5.74, 6) is 0.258. The van der Waals surface area contributed by atoms with Gasteiger partial charge in [0.25, 0.3) is 0 Å². The number of aldehydes is 1. The molecule has 92 valence electrons. The van der Waals surface area contributed by atoms with Crippen molar-refractivity contribution >= 4 is 17.1 Å². The highest BCUT2D eigenvalue weighted by atomic mass is 16.3. The fraction of sp³-hybridized carbons (Fsp3) is 0. The van der Waals surface area contributed by atoms with Gasteiger partial charge in [0.05, 0.1) is 0 Å². The summed E-state index contributed by atoms with van der Waals surface area (Å²) >= 11 is 0. The second-order valence-electron chi connectivity index (χ2n) is 4.49. The molecule has 2 heteroatoms. The number of carbonyl (C=O) groups is 1. The number of hydrogen-bond donors (Lipinski definition) is 1. The summed E-state index contributed by atoms with van der Waals surface area (Å²) in [6, 6.07) is 18.8. The average molecular weight is 248 g/mol. The number of phenolic OH excluding ortho intramolecular Hbond substituents is 1. The topological polar surface area (TPSA) is 37.3 Å². The fourth-order valence-corrected chi connectivity index (χ4v) is 2.20. The summed E-state index contributed by atoms with van der Waals surface area (Å²) in [5.41, 5.74) is 2.70. The molecule has 19 heavy (non-hydrogen) atoms. The van der Waals surface area contributed by atoms with E-state index in [0.717, 1.165) is 28.2 Å². The molecular weight excluding hydrogens is 236 g/mol. The highest BCUT2D eigenvalue weighted by Crippen LogP contribution is 2.27. The number of fused-ring (bicyclic) bond motifs is 1. The molecule has 0 atom stereocenters.